The summed E-state index contributed by atoms with van der Waals surface area (Å²) in [6, 6.07) is 15.7. The van der Waals surface area contributed by atoms with E-state index in [2.05, 4.69) is 25.3 Å². The van der Waals surface area contributed by atoms with Crippen molar-refractivity contribution in [3.8, 4) is 0 Å². The molecule has 1 aromatic heterocycles. The zero-order valence-electron chi connectivity index (χ0n) is 14.9. The van der Waals surface area contributed by atoms with Crippen molar-refractivity contribution in [3.05, 3.63) is 77.6 Å². The number of methoxy groups -OCH3 is 1. The van der Waals surface area contributed by atoms with E-state index in [1.165, 1.54) is 19.4 Å². The predicted molar refractivity (Wildman–Crippen MR) is 102 cm³/mol. The molecule has 0 spiro atoms. The molecule has 0 fully saturated rings. The zero-order chi connectivity index (χ0) is 19.2. The Morgan fingerprint density at radius 1 is 0.926 bits per heavy atom. The van der Waals surface area contributed by atoms with Crippen LogP contribution < -0.4 is 10.6 Å². The number of ether oxygens (including phenoxy) is 1. The zero-order valence-corrected chi connectivity index (χ0v) is 14.9. The maximum Gasteiger partial charge on any atom is 0.337 e. The normalized spacial score (nSPS) is 10.1. The number of carbonyl (C=O) groups is 2. The molecule has 0 aliphatic rings. The number of nitrogens with zero attached hydrogens (tertiary/aromatic N) is 2. The molecule has 27 heavy (non-hydrogen) atoms. The van der Waals surface area contributed by atoms with Crippen molar-refractivity contribution in [1.82, 2.24) is 9.97 Å². The number of benzene rings is 2. The molecule has 0 bridgehead atoms. The fraction of sp³-hybridized carbons (Fsp3) is 0.100. The SMILES string of the molecule is COC(=O)c1ccc(Nc2nccc(C(=O)Nc3ccc(C)cc3)n2)cc1. The standard InChI is InChI=1S/C20H18N4O3/c1-13-3-7-15(8-4-13)22-18(25)17-11-12-21-20(24-17)23-16-9-5-14(6-10-16)19(26)27-2/h3-12H,1-2H3,(H,22,25)(H,21,23,24). The molecule has 0 aliphatic carbocycles. The highest BCUT2D eigenvalue weighted by Crippen LogP contribution is 2.15. The van der Waals surface area contributed by atoms with Gasteiger partial charge in [-0.15, -0.1) is 0 Å². The van der Waals surface area contributed by atoms with Gasteiger partial charge in [0.05, 0.1) is 12.7 Å². The Labute approximate surface area is 156 Å². The van der Waals surface area contributed by atoms with Crippen molar-refractivity contribution in [3.63, 3.8) is 0 Å². The van der Waals surface area contributed by atoms with Crippen LogP contribution in [0.3, 0.4) is 0 Å². The highest BCUT2D eigenvalue weighted by atomic mass is 16.5. The lowest BCUT2D eigenvalue weighted by Gasteiger charge is -2.08. The Kier molecular flexibility index (Phi) is 5.41. The van der Waals surface area contributed by atoms with Gasteiger partial charge in [-0.3, -0.25) is 4.79 Å². The smallest absolute Gasteiger partial charge is 0.337 e. The molecular formula is C20H18N4O3. The summed E-state index contributed by atoms with van der Waals surface area (Å²) in [6.45, 7) is 1.98. The maximum atomic E-state index is 12.4. The third-order valence-corrected chi connectivity index (χ3v) is 3.76. The van der Waals surface area contributed by atoms with Crippen LogP contribution in [-0.2, 0) is 4.74 Å². The molecule has 2 aromatic carbocycles. The van der Waals surface area contributed by atoms with Crippen LogP contribution in [0.15, 0.2) is 60.8 Å². The number of rotatable bonds is 5. The number of amides is 1. The lowest BCUT2D eigenvalue weighted by Crippen LogP contribution is -2.14. The molecule has 0 radical (unpaired) electrons. The van der Waals surface area contributed by atoms with Gasteiger partial charge in [-0.2, -0.15) is 0 Å². The van der Waals surface area contributed by atoms with Gasteiger partial charge in [0.25, 0.3) is 5.91 Å². The summed E-state index contributed by atoms with van der Waals surface area (Å²) >= 11 is 0. The monoisotopic (exact) mass is 362 g/mol. The molecule has 136 valence electrons. The number of anilines is 3. The average molecular weight is 362 g/mol. The molecule has 2 N–H and O–H groups in total. The molecule has 0 atom stereocenters. The van der Waals surface area contributed by atoms with E-state index in [9.17, 15) is 9.59 Å². The molecule has 0 unspecified atom stereocenters. The summed E-state index contributed by atoms with van der Waals surface area (Å²) in [5, 5.41) is 5.79. The molecule has 7 nitrogen and oxygen atoms in total. The highest BCUT2D eigenvalue weighted by Gasteiger charge is 2.10. The molecule has 7 heteroatoms. The second-order valence-electron chi connectivity index (χ2n) is 5.78. The topological polar surface area (TPSA) is 93.2 Å². The summed E-state index contributed by atoms with van der Waals surface area (Å²) in [5.74, 6) is -0.463. The Balaban J connectivity index is 1.70. The van der Waals surface area contributed by atoms with Gasteiger partial charge >= 0.3 is 5.97 Å². The summed E-state index contributed by atoms with van der Waals surface area (Å²) in [4.78, 5) is 32.2. The summed E-state index contributed by atoms with van der Waals surface area (Å²) in [7, 11) is 1.33. The molecular weight excluding hydrogens is 344 g/mol. The van der Waals surface area contributed by atoms with E-state index >= 15 is 0 Å². The van der Waals surface area contributed by atoms with Crippen molar-refractivity contribution in [2.24, 2.45) is 0 Å². The number of aryl methyl sites for hydroxylation is 1. The number of carbonyl (C=O) groups excluding carboxylic acids is 2. The minimum atomic E-state index is -0.410. The first-order chi connectivity index (χ1) is 13.0. The largest absolute Gasteiger partial charge is 0.465 e. The van der Waals surface area contributed by atoms with Gasteiger partial charge in [-0.25, -0.2) is 14.8 Å². The second kappa shape index (κ2) is 8.09. The van der Waals surface area contributed by atoms with Crippen molar-refractivity contribution in [2.75, 3.05) is 17.7 Å². The molecule has 0 saturated carbocycles. The Bertz CT molecular complexity index is 954. The minimum Gasteiger partial charge on any atom is -0.465 e. The van der Waals surface area contributed by atoms with Crippen molar-refractivity contribution >= 4 is 29.2 Å². The van der Waals surface area contributed by atoms with Crippen LogP contribution in [0.1, 0.15) is 26.4 Å². The highest BCUT2D eigenvalue weighted by molar-refractivity contribution is 6.03. The lowest BCUT2D eigenvalue weighted by atomic mass is 10.2. The van der Waals surface area contributed by atoms with Crippen LogP contribution in [0.25, 0.3) is 0 Å². The van der Waals surface area contributed by atoms with E-state index in [4.69, 9.17) is 0 Å². The van der Waals surface area contributed by atoms with Gasteiger partial charge in [0, 0.05) is 17.6 Å². The molecule has 0 aliphatic heterocycles. The van der Waals surface area contributed by atoms with E-state index in [-0.39, 0.29) is 17.5 Å². The number of esters is 1. The van der Waals surface area contributed by atoms with Gasteiger partial charge in [0.15, 0.2) is 0 Å². The first-order valence-corrected chi connectivity index (χ1v) is 8.21. The van der Waals surface area contributed by atoms with E-state index in [0.717, 1.165) is 5.56 Å². The number of hydrogen-bond acceptors (Lipinski definition) is 6. The van der Waals surface area contributed by atoms with E-state index < -0.39 is 5.97 Å². The minimum absolute atomic E-state index is 0.235. The van der Waals surface area contributed by atoms with Gasteiger partial charge in [0.2, 0.25) is 5.95 Å². The Morgan fingerprint density at radius 2 is 1.59 bits per heavy atom. The van der Waals surface area contributed by atoms with Crippen LogP contribution in [0.5, 0.6) is 0 Å². The van der Waals surface area contributed by atoms with Crippen LogP contribution in [0.4, 0.5) is 17.3 Å². The fourth-order valence-corrected chi connectivity index (χ4v) is 2.31. The second-order valence-corrected chi connectivity index (χ2v) is 5.78. The third kappa shape index (κ3) is 4.66. The van der Waals surface area contributed by atoms with E-state index in [0.29, 0.717) is 16.9 Å². The first kappa shape index (κ1) is 18.1. The van der Waals surface area contributed by atoms with Gasteiger partial charge < -0.3 is 15.4 Å². The number of aromatic nitrogens is 2. The number of hydrogen-bond donors (Lipinski definition) is 2. The van der Waals surface area contributed by atoms with Gasteiger partial charge in [-0.1, -0.05) is 17.7 Å². The average Bonchev–Trinajstić information content (AvgIpc) is 2.70. The Morgan fingerprint density at radius 3 is 2.26 bits per heavy atom. The Hall–Kier alpha value is -3.74. The first-order valence-electron chi connectivity index (χ1n) is 8.21. The van der Waals surface area contributed by atoms with E-state index in [1.807, 2.05) is 31.2 Å². The van der Waals surface area contributed by atoms with Crippen LogP contribution in [0.2, 0.25) is 0 Å². The third-order valence-electron chi connectivity index (χ3n) is 3.76. The lowest BCUT2D eigenvalue weighted by molar-refractivity contribution is 0.0600. The molecule has 3 rings (SSSR count). The van der Waals surface area contributed by atoms with Crippen molar-refractivity contribution < 1.29 is 14.3 Å². The fourth-order valence-electron chi connectivity index (χ4n) is 2.31. The summed E-state index contributed by atoms with van der Waals surface area (Å²) < 4.78 is 4.66. The molecule has 1 heterocycles. The summed E-state index contributed by atoms with van der Waals surface area (Å²) in [5.41, 5.74) is 3.16. The van der Waals surface area contributed by atoms with Gasteiger partial charge in [-0.05, 0) is 49.4 Å². The van der Waals surface area contributed by atoms with Gasteiger partial charge in [0.1, 0.15) is 5.69 Å². The number of nitrogens with one attached hydrogen (secondary N) is 2. The van der Waals surface area contributed by atoms with Crippen LogP contribution >= 0.6 is 0 Å². The van der Waals surface area contributed by atoms with Crippen molar-refractivity contribution in [2.45, 2.75) is 6.92 Å². The molecule has 1 amide bonds. The van der Waals surface area contributed by atoms with Crippen molar-refractivity contribution in [1.29, 1.82) is 0 Å². The molecule has 3 aromatic rings. The predicted octanol–water partition coefficient (Wildman–Crippen LogP) is 3.57. The van der Waals surface area contributed by atoms with Crippen LogP contribution in [0, 0.1) is 6.92 Å². The maximum absolute atomic E-state index is 12.4. The summed E-state index contributed by atoms with van der Waals surface area (Å²) in [6.07, 6.45) is 1.50. The van der Waals surface area contributed by atoms with E-state index in [1.54, 1.807) is 24.3 Å². The van der Waals surface area contributed by atoms with Crippen LogP contribution in [-0.4, -0.2) is 29.0 Å². The quantitative estimate of drug-likeness (QED) is 0.674. The molecule has 0 saturated heterocycles.